The van der Waals surface area contributed by atoms with Gasteiger partial charge in [-0.3, -0.25) is 9.69 Å². The second-order valence-corrected chi connectivity index (χ2v) is 7.16. The number of oxazole rings is 1. The van der Waals surface area contributed by atoms with Crippen molar-refractivity contribution in [2.45, 2.75) is 25.4 Å². The number of para-hydroxylation sites is 2. The van der Waals surface area contributed by atoms with E-state index in [-0.39, 0.29) is 11.9 Å². The van der Waals surface area contributed by atoms with Crippen molar-refractivity contribution in [2.75, 3.05) is 11.9 Å². The zero-order valence-corrected chi connectivity index (χ0v) is 15.4. The third-order valence-corrected chi connectivity index (χ3v) is 5.09. The van der Waals surface area contributed by atoms with E-state index in [0.717, 1.165) is 30.5 Å². The van der Waals surface area contributed by atoms with Crippen LogP contribution in [0.2, 0.25) is 10.0 Å². The van der Waals surface area contributed by atoms with Crippen molar-refractivity contribution in [2.24, 2.45) is 0 Å². The first kappa shape index (κ1) is 17.3. The highest BCUT2D eigenvalue weighted by Gasteiger charge is 2.32. The van der Waals surface area contributed by atoms with E-state index in [4.69, 9.17) is 27.6 Å². The van der Waals surface area contributed by atoms with Crippen LogP contribution in [0.25, 0.3) is 11.1 Å². The maximum Gasteiger partial charge on any atom is 0.241 e. The van der Waals surface area contributed by atoms with Crippen molar-refractivity contribution in [3.63, 3.8) is 0 Å². The number of carbonyl (C=O) groups excluding carboxylic acids is 1. The van der Waals surface area contributed by atoms with Gasteiger partial charge in [0.05, 0.1) is 23.3 Å². The molecule has 1 aliphatic heterocycles. The zero-order valence-electron chi connectivity index (χ0n) is 13.9. The summed E-state index contributed by atoms with van der Waals surface area (Å²) in [5.41, 5.74) is 2.11. The Kier molecular flexibility index (Phi) is 4.85. The molecule has 1 fully saturated rings. The topological polar surface area (TPSA) is 58.4 Å². The average molecular weight is 390 g/mol. The lowest BCUT2D eigenvalue weighted by atomic mass is 10.2. The molecule has 1 unspecified atom stereocenters. The number of hydrogen-bond acceptors (Lipinski definition) is 4. The van der Waals surface area contributed by atoms with Gasteiger partial charge in [0.1, 0.15) is 5.52 Å². The van der Waals surface area contributed by atoms with E-state index >= 15 is 0 Å². The Morgan fingerprint density at radius 3 is 2.96 bits per heavy atom. The van der Waals surface area contributed by atoms with Gasteiger partial charge in [0.15, 0.2) is 5.58 Å². The van der Waals surface area contributed by atoms with Crippen LogP contribution in [0, 0.1) is 0 Å². The standard InChI is InChI=1S/C19H17Cl2N3O2/c20-12-7-8-13(21)15(10-12)23-19(25)16-5-3-9-24(16)11-18-22-14-4-1-2-6-17(14)26-18/h1-2,4,6-8,10,16H,3,5,9,11H2,(H,23,25). The molecule has 1 saturated heterocycles. The van der Waals surface area contributed by atoms with Gasteiger partial charge in [0.2, 0.25) is 11.8 Å². The number of rotatable bonds is 4. The summed E-state index contributed by atoms with van der Waals surface area (Å²) < 4.78 is 5.79. The SMILES string of the molecule is O=C(Nc1cc(Cl)ccc1Cl)C1CCCN1Cc1nc2ccccc2o1. The molecule has 1 atom stereocenters. The van der Waals surface area contributed by atoms with E-state index < -0.39 is 0 Å². The minimum atomic E-state index is -0.250. The molecule has 5 nitrogen and oxygen atoms in total. The van der Waals surface area contributed by atoms with Crippen molar-refractivity contribution in [3.05, 3.63) is 58.4 Å². The molecule has 1 aliphatic rings. The molecule has 1 N–H and O–H groups in total. The van der Waals surface area contributed by atoms with Crippen molar-refractivity contribution in [1.82, 2.24) is 9.88 Å². The summed E-state index contributed by atoms with van der Waals surface area (Å²) in [5, 5.41) is 3.88. The van der Waals surface area contributed by atoms with Crippen molar-refractivity contribution >= 4 is 45.9 Å². The number of nitrogens with one attached hydrogen (secondary N) is 1. The fourth-order valence-corrected chi connectivity index (χ4v) is 3.62. The lowest BCUT2D eigenvalue weighted by Crippen LogP contribution is -2.39. The number of carbonyl (C=O) groups is 1. The smallest absolute Gasteiger partial charge is 0.241 e. The van der Waals surface area contributed by atoms with Gasteiger partial charge in [0.25, 0.3) is 0 Å². The number of likely N-dealkylation sites (tertiary alicyclic amines) is 1. The monoisotopic (exact) mass is 389 g/mol. The fourth-order valence-electron chi connectivity index (χ4n) is 3.28. The van der Waals surface area contributed by atoms with E-state index in [1.807, 2.05) is 24.3 Å². The minimum Gasteiger partial charge on any atom is -0.439 e. The highest BCUT2D eigenvalue weighted by atomic mass is 35.5. The van der Waals surface area contributed by atoms with Crippen LogP contribution in [-0.4, -0.2) is 28.4 Å². The number of fused-ring (bicyclic) bond motifs is 1. The van der Waals surface area contributed by atoms with Crippen molar-refractivity contribution in [3.8, 4) is 0 Å². The molecule has 1 amide bonds. The van der Waals surface area contributed by atoms with Gasteiger partial charge in [-0.05, 0) is 49.7 Å². The molecule has 26 heavy (non-hydrogen) atoms. The molecule has 3 aromatic rings. The number of nitrogens with zero attached hydrogens (tertiary/aromatic N) is 2. The van der Waals surface area contributed by atoms with Crippen LogP contribution in [0.5, 0.6) is 0 Å². The number of halogens is 2. The number of anilines is 1. The van der Waals surface area contributed by atoms with Gasteiger partial charge in [-0.15, -0.1) is 0 Å². The lowest BCUT2D eigenvalue weighted by Gasteiger charge is -2.22. The number of benzene rings is 2. The molecule has 134 valence electrons. The van der Waals surface area contributed by atoms with E-state index in [1.165, 1.54) is 0 Å². The van der Waals surface area contributed by atoms with Crippen molar-refractivity contribution < 1.29 is 9.21 Å². The Balaban J connectivity index is 1.48. The molecule has 0 bridgehead atoms. The Morgan fingerprint density at radius 1 is 1.27 bits per heavy atom. The second kappa shape index (κ2) is 7.27. The number of hydrogen-bond donors (Lipinski definition) is 1. The van der Waals surface area contributed by atoms with Crippen LogP contribution in [0.1, 0.15) is 18.7 Å². The highest BCUT2D eigenvalue weighted by Crippen LogP contribution is 2.28. The number of amides is 1. The molecule has 0 aliphatic carbocycles. The first-order valence-corrected chi connectivity index (χ1v) is 9.20. The van der Waals surface area contributed by atoms with Crippen LogP contribution in [0.15, 0.2) is 46.9 Å². The molecule has 1 aromatic heterocycles. The molecule has 2 aromatic carbocycles. The average Bonchev–Trinajstić information content (AvgIpc) is 3.24. The Bertz CT molecular complexity index is 924. The van der Waals surface area contributed by atoms with Gasteiger partial charge in [-0.1, -0.05) is 35.3 Å². The molecule has 0 spiro atoms. The first-order valence-electron chi connectivity index (χ1n) is 8.44. The van der Waals surface area contributed by atoms with E-state index in [2.05, 4.69) is 15.2 Å². The summed E-state index contributed by atoms with van der Waals surface area (Å²) in [6.07, 6.45) is 1.73. The summed E-state index contributed by atoms with van der Waals surface area (Å²) in [7, 11) is 0. The first-order chi connectivity index (χ1) is 12.6. The summed E-state index contributed by atoms with van der Waals surface area (Å²) >= 11 is 12.1. The lowest BCUT2D eigenvalue weighted by molar-refractivity contribution is -0.120. The largest absolute Gasteiger partial charge is 0.439 e. The van der Waals surface area contributed by atoms with Crippen LogP contribution < -0.4 is 5.32 Å². The Hall–Kier alpha value is -2.08. The molecule has 0 saturated carbocycles. The van der Waals surface area contributed by atoms with Crippen LogP contribution in [-0.2, 0) is 11.3 Å². The van der Waals surface area contributed by atoms with Gasteiger partial charge < -0.3 is 9.73 Å². The normalized spacial score (nSPS) is 17.7. The van der Waals surface area contributed by atoms with Crippen molar-refractivity contribution in [1.29, 1.82) is 0 Å². The third kappa shape index (κ3) is 3.56. The molecule has 2 heterocycles. The minimum absolute atomic E-state index is 0.0947. The predicted octanol–water partition coefficient (Wildman–Crippen LogP) is 4.74. The van der Waals surface area contributed by atoms with Crippen LogP contribution >= 0.6 is 23.2 Å². The fraction of sp³-hybridized carbons (Fsp3) is 0.263. The summed E-state index contributed by atoms with van der Waals surface area (Å²) in [5.74, 6) is 0.523. The van der Waals surface area contributed by atoms with Gasteiger partial charge >= 0.3 is 0 Å². The van der Waals surface area contributed by atoms with Gasteiger partial charge in [0, 0.05) is 5.02 Å². The van der Waals surface area contributed by atoms with Crippen LogP contribution in [0.4, 0.5) is 5.69 Å². The predicted molar refractivity (Wildman–Crippen MR) is 103 cm³/mol. The van der Waals surface area contributed by atoms with Crippen LogP contribution in [0.3, 0.4) is 0 Å². The molecular weight excluding hydrogens is 373 g/mol. The van der Waals surface area contributed by atoms with Gasteiger partial charge in [-0.2, -0.15) is 0 Å². The van der Waals surface area contributed by atoms with E-state index in [9.17, 15) is 4.79 Å². The third-order valence-electron chi connectivity index (χ3n) is 4.53. The van der Waals surface area contributed by atoms with Gasteiger partial charge in [-0.25, -0.2) is 4.98 Å². The van der Waals surface area contributed by atoms with E-state index in [0.29, 0.717) is 28.2 Å². The van der Waals surface area contributed by atoms with E-state index in [1.54, 1.807) is 18.2 Å². The summed E-state index contributed by atoms with van der Waals surface area (Å²) in [6.45, 7) is 1.32. The maximum atomic E-state index is 12.7. The maximum absolute atomic E-state index is 12.7. The summed E-state index contributed by atoms with van der Waals surface area (Å²) in [6, 6.07) is 12.4. The molecule has 0 radical (unpaired) electrons. The molecular formula is C19H17Cl2N3O2. The quantitative estimate of drug-likeness (QED) is 0.699. The molecule has 7 heteroatoms. The number of aromatic nitrogens is 1. The highest BCUT2D eigenvalue weighted by molar-refractivity contribution is 6.35. The molecule has 4 rings (SSSR count). The second-order valence-electron chi connectivity index (χ2n) is 6.32. The zero-order chi connectivity index (χ0) is 18.1. The summed E-state index contributed by atoms with van der Waals surface area (Å²) in [4.78, 5) is 19.3. The Morgan fingerprint density at radius 2 is 2.12 bits per heavy atom. The Labute approximate surface area is 160 Å².